The van der Waals surface area contributed by atoms with Gasteiger partial charge in [-0.25, -0.2) is 0 Å². The number of carbonyl (C=O) groups is 1. The second-order valence-corrected chi connectivity index (χ2v) is 5.28. The van der Waals surface area contributed by atoms with Gasteiger partial charge in [0, 0.05) is 11.7 Å². The normalized spacial score (nSPS) is 20.9. The average Bonchev–Trinajstić information content (AvgIpc) is 2.85. The van der Waals surface area contributed by atoms with E-state index in [0.717, 1.165) is 6.42 Å². The van der Waals surface area contributed by atoms with E-state index in [9.17, 15) is 4.79 Å². The van der Waals surface area contributed by atoms with Gasteiger partial charge < -0.3 is 15.8 Å². The summed E-state index contributed by atoms with van der Waals surface area (Å²) in [4.78, 5) is 12.0. The maximum Gasteiger partial charge on any atom is 0.231 e. The number of halogens is 1. The fraction of sp³-hybridized carbons (Fsp3) is 0.400. The first-order valence-electron chi connectivity index (χ1n) is 6.77. The van der Waals surface area contributed by atoms with Crippen LogP contribution in [0.2, 0.25) is 5.02 Å². The molecular formula is C15H19ClN2O2. The van der Waals surface area contributed by atoms with Gasteiger partial charge in [0.25, 0.3) is 0 Å². The van der Waals surface area contributed by atoms with E-state index in [2.05, 4.69) is 5.32 Å². The highest BCUT2D eigenvalue weighted by molar-refractivity contribution is 6.32. The summed E-state index contributed by atoms with van der Waals surface area (Å²) in [5.74, 6) is 0.404. The largest absolute Gasteiger partial charge is 0.492 e. The summed E-state index contributed by atoms with van der Waals surface area (Å²) in [7, 11) is 0. The van der Waals surface area contributed by atoms with Crippen LogP contribution in [0.4, 0.5) is 5.69 Å². The third kappa shape index (κ3) is 3.74. The van der Waals surface area contributed by atoms with Crippen molar-refractivity contribution in [2.75, 3.05) is 11.9 Å². The lowest BCUT2D eigenvalue weighted by Crippen LogP contribution is -2.23. The molecule has 2 atom stereocenters. The van der Waals surface area contributed by atoms with Crippen LogP contribution in [0.25, 0.3) is 0 Å². The molecule has 1 amide bonds. The Morgan fingerprint density at radius 3 is 2.90 bits per heavy atom. The zero-order chi connectivity index (χ0) is 14.5. The molecule has 0 bridgehead atoms. The van der Waals surface area contributed by atoms with Crippen LogP contribution in [0.1, 0.15) is 19.8 Å². The van der Waals surface area contributed by atoms with Crippen molar-refractivity contribution in [2.24, 2.45) is 11.7 Å². The van der Waals surface area contributed by atoms with E-state index < -0.39 is 0 Å². The van der Waals surface area contributed by atoms with Gasteiger partial charge in [0.15, 0.2) is 0 Å². The molecule has 0 spiro atoms. The molecule has 1 aliphatic rings. The fourth-order valence-electron chi connectivity index (χ4n) is 2.06. The molecule has 3 N–H and O–H groups in total. The number of hydrogen-bond donors (Lipinski definition) is 2. The number of carbonyl (C=O) groups excluding carboxylic acids is 1. The molecule has 108 valence electrons. The number of anilines is 1. The van der Waals surface area contributed by atoms with Crippen LogP contribution in [-0.4, -0.2) is 18.6 Å². The van der Waals surface area contributed by atoms with Gasteiger partial charge in [0.1, 0.15) is 5.75 Å². The minimum absolute atomic E-state index is 0.0286. The second-order valence-electron chi connectivity index (χ2n) is 4.87. The Morgan fingerprint density at radius 1 is 1.50 bits per heavy atom. The van der Waals surface area contributed by atoms with Crippen LogP contribution in [0.5, 0.6) is 5.75 Å². The highest BCUT2D eigenvalue weighted by Gasteiger charge is 2.22. The molecule has 20 heavy (non-hydrogen) atoms. The summed E-state index contributed by atoms with van der Waals surface area (Å²) in [6.07, 6.45) is 5.28. The van der Waals surface area contributed by atoms with E-state index in [-0.39, 0.29) is 17.9 Å². The number of ether oxygens (including phenoxy) is 1. The third-order valence-corrected chi connectivity index (χ3v) is 3.41. The average molecular weight is 295 g/mol. The standard InChI is InChI=1S/C15H19ClN2O2/c1-2-7-20-14-6-5-12(9-13(14)16)18-15(19)10-3-4-11(17)8-10/h3-6,9-11H,2,7-8,17H2,1H3,(H,18,19). The molecule has 0 radical (unpaired) electrons. The van der Waals surface area contributed by atoms with Crippen LogP contribution in [-0.2, 0) is 4.79 Å². The van der Waals surface area contributed by atoms with Crippen LogP contribution in [0.15, 0.2) is 30.4 Å². The Labute approximate surface area is 123 Å². The zero-order valence-corrected chi connectivity index (χ0v) is 12.2. The van der Waals surface area contributed by atoms with E-state index in [1.807, 2.05) is 19.1 Å². The lowest BCUT2D eigenvalue weighted by atomic mass is 10.1. The van der Waals surface area contributed by atoms with Gasteiger partial charge in [0.05, 0.1) is 17.5 Å². The van der Waals surface area contributed by atoms with Crippen LogP contribution in [0.3, 0.4) is 0 Å². The smallest absolute Gasteiger partial charge is 0.231 e. The summed E-state index contributed by atoms with van der Waals surface area (Å²) in [6, 6.07) is 5.22. The molecule has 4 nitrogen and oxygen atoms in total. The number of nitrogens with one attached hydrogen (secondary N) is 1. The maximum absolute atomic E-state index is 12.0. The van der Waals surface area contributed by atoms with Gasteiger partial charge in [-0.3, -0.25) is 4.79 Å². The first-order chi connectivity index (χ1) is 9.60. The topological polar surface area (TPSA) is 64.3 Å². The zero-order valence-electron chi connectivity index (χ0n) is 11.4. The van der Waals surface area contributed by atoms with Crippen molar-refractivity contribution < 1.29 is 9.53 Å². The van der Waals surface area contributed by atoms with Crippen LogP contribution in [0, 0.1) is 5.92 Å². The van der Waals surface area contributed by atoms with E-state index in [1.54, 1.807) is 18.2 Å². The Balaban J connectivity index is 1.98. The number of amides is 1. The molecule has 1 aromatic rings. The monoisotopic (exact) mass is 294 g/mol. The second kappa shape index (κ2) is 6.77. The Bertz CT molecular complexity index is 517. The van der Waals surface area contributed by atoms with Gasteiger partial charge in [-0.1, -0.05) is 30.7 Å². The molecule has 1 aliphatic carbocycles. The molecule has 0 saturated carbocycles. The van der Waals surface area contributed by atoms with Gasteiger partial charge in [0.2, 0.25) is 5.91 Å². The van der Waals surface area contributed by atoms with Gasteiger partial charge in [-0.15, -0.1) is 0 Å². The SMILES string of the molecule is CCCOc1ccc(NC(=O)C2C=CC(N)C2)cc1Cl. The van der Waals surface area contributed by atoms with E-state index in [0.29, 0.717) is 29.5 Å². The molecule has 2 unspecified atom stereocenters. The van der Waals surface area contributed by atoms with Crippen molar-refractivity contribution in [3.8, 4) is 5.75 Å². The molecule has 0 aromatic heterocycles. The summed E-state index contributed by atoms with van der Waals surface area (Å²) in [6.45, 7) is 2.65. The van der Waals surface area contributed by atoms with Gasteiger partial charge in [-0.2, -0.15) is 0 Å². The summed E-state index contributed by atoms with van der Waals surface area (Å²) < 4.78 is 5.49. The quantitative estimate of drug-likeness (QED) is 0.821. The lowest BCUT2D eigenvalue weighted by Gasteiger charge is -2.12. The Hall–Kier alpha value is -1.52. The van der Waals surface area contributed by atoms with Crippen molar-refractivity contribution in [3.05, 3.63) is 35.4 Å². The van der Waals surface area contributed by atoms with Crippen LogP contribution < -0.4 is 15.8 Å². The lowest BCUT2D eigenvalue weighted by molar-refractivity contribution is -0.118. The number of hydrogen-bond acceptors (Lipinski definition) is 3. The molecule has 0 fully saturated rings. The first kappa shape index (κ1) is 14.9. The van der Waals surface area contributed by atoms with Crippen molar-refractivity contribution in [3.63, 3.8) is 0 Å². The minimum Gasteiger partial charge on any atom is -0.492 e. The molecule has 1 aromatic carbocycles. The number of nitrogens with two attached hydrogens (primary N) is 1. The van der Waals surface area contributed by atoms with Gasteiger partial charge >= 0.3 is 0 Å². The molecule has 5 heteroatoms. The Morgan fingerprint density at radius 2 is 2.30 bits per heavy atom. The van der Waals surface area contributed by atoms with E-state index >= 15 is 0 Å². The van der Waals surface area contributed by atoms with Crippen molar-refractivity contribution >= 4 is 23.2 Å². The number of benzene rings is 1. The van der Waals surface area contributed by atoms with Crippen molar-refractivity contribution in [1.82, 2.24) is 0 Å². The Kier molecular flexibility index (Phi) is 5.04. The van der Waals surface area contributed by atoms with E-state index in [4.69, 9.17) is 22.1 Å². The van der Waals surface area contributed by atoms with Crippen LogP contribution >= 0.6 is 11.6 Å². The summed E-state index contributed by atoms with van der Waals surface area (Å²) in [5.41, 5.74) is 6.41. The van der Waals surface area contributed by atoms with Crippen molar-refractivity contribution in [2.45, 2.75) is 25.8 Å². The molecule has 0 aliphatic heterocycles. The summed E-state index contributed by atoms with van der Waals surface area (Å²) in [5, 5.41) is 3.34. The third-order valence-electron chi connectivity index (χ3n) is 3.11. The highest BCUT2D eigenvalue weighted by atomic mass is 35.5. The van der Waals surface area contributed by atoms with Gasteiger partial charge in [-0.05, 0) is 31.0 Å². The van der Waals surface area contributed by atoms with Crippen molar-refractivity contribution in [1.29, 1.82) is 0 Å². The molecule has 2 rings (SSSR count). The van der Waals surface area contributed by atoms with E-state index in [1.165, 1.54) is 0 Å². The molecule has 0 saturated heterocycles. The fourth-order valence-corrected chi connectivity index (χ4v) is 2.30. The minimum atomic E-state index is -0.167. The number of rotatable bonds is 5. The summed E-state index contributed by atoms with van der Waals surface area (Å²) >= 11 is 6.12. The maximum atomic E-state index is 12.0. The predicted octanol–water partition coefficient (Wildman–Crippen LogP) is 2.97. The molecule has 0 heterocycles. The highest BCUT2D eigenvalue weighted by Crippen LogP contribution is 2.28. The predicted molar refractivity (Wildman–Crippen MR) is 81.1 cm³/mol. The molecular weight excluding hydrogens is 276 g/mol. The first-order valence-corrected chi connectivity index (χ1v) is 7.15.